The van der Waals surface area contributed by atoms with Gasteiger partial charge in [-0.15, -0.1) is 11.3 Å². The summed E-state index contributed by atoms with van der Waals surface area (Å²) in [4.78, 5) is 14.8. The molecule has 0 saturated heterocycles. The molecule has 0 aliphatic carbocycles. The lowest BCUT2D eigenvalue weighted by atomic mass is 10.2. The van der Waals surface area contributed by atoms with E-state index >= 15 is 0 Å². The highest BCUT2D eigenvalue weighted by molar-refractivity contribution is 7.90. The number of aryl methyl sites for hydroxylation is 1. The average Bonchev–Trinajstić information content (AvgIpc) is 3.70. The predicted octanol–water partition coefficient (Wildman–Crippen LogP) is 5.51. The first-order valence-corrected chi connectivity index (χ1v) is 13.7. The first-order valence-electron chi connectivity index (χ1n) is 11.5. The van der Waals surface area contributed by atoms with E-state index in [1.807, 2.05) is 42.0 Å². The Labute approximate surface area is 222 Å². The molecule has 0 radical (unpaired) electrons. The van der Waals surface area contributed by atoms with Gasteiger partial charge in [-0.1, -0.05) is 17.7 Å². The van der Waals surface area contributed by atoms with Gasteiger partial charge in [0.25, 0.3) is 10.0 Å². The molecule has 0 spiro atoms. The van der Waals surface area contributed by atoms with Crippen LogP contribution in [0.1, 0.15) is 10.4 Å². The number of thiophene rings is 1. The summed E-state index contributed by atoms with van der Waals surface area (Å²) in [5.74, 6) is 0.230. The SMILES string of the molecule is Cc1ccc(S(=O)(=O)n2ccc3c(-c4ccc(C#N)s4)nc(Nc4ccc(-n5ccnc5)cc4)nc32)cc1. The zero-order chi connectivity index (χ0) is 26.3. The molecule has 2 aromatic carbocycles. The van der Waals surface area contributed by atoms with Crippen LogP contribution in [0, 0.1) is 18.3 Å². The second-order valence-electron chi connectivity index (χ2n) is 8.48. The molecule has 1 N–H and O–H groups in total. The molecule has 6 rings (SSSR count). The van der Waals surface area contributed by atoms with Crippen molar-refractivity contribution in [2.45, 2.75) is 11.8 Å². The van der Waals surface area contributed by atoms with Crippen molar-refractivity contribution in [2.75, 3.05) is 5.32 Å². The minimum absolute atomic E-state index is 0.160. The third kappa shape index (κ3) is 4.21. The second-order valence-corrected chi connectivity index (χ2v) is 11.4. The Bertz CT molecular complexity index is 1910. The number of nitriles is 1. The van der Waals surface area contributed by atoms with Crippen molar-refractivity contribution >= 4 is 44.0 Å². The fourth-order valence-electron chi connectivity index (χ4n) is 4.04. The molecule has 4 aromatic heterocycles. The van der Waals surface area contributed by atoms with Gasteiger partial charge in [0.05, 0.1) is 21.8 Å². The molecule has 0 aliphatic heterocycles. The van der Waals surface area contributed by atoms with E-state index in [4.69, 9.17) is 4.98 Å². The summed E-state index contributed by atoms with van der Waals surface area (Å²) in [5, 5.41) is 13.1. The van der Waals surface area contributed by atoms with Crippen molar-refractivity contribution in [2.24, 2.45) is 0 Å². The Morgan fingerprint density at radius 3 is 2.42 bits per heavy atom. The highest BCUT2D eigenvalue weighted by atomic mass is 32.2. The summed E-state index contributed by atoms with van der Waals surface area (Å²) >= 11 is 1.28. The zero-order valence-electron chi connectivity index (χ0n) is 20.0. The van der Waals surface area contributed by atoms with Crippen LogP contribution in [0.5, 0.6) is 0 Å². The fraction of sp³-hybridized carbons (Fsp3) is 0.0370. The van der Waals surface area contributed by atoms with Gasteiger partial charge in [0.2, 0.25) is 5.95 Å². The Kier molecular flexibility index (Phi) is 5.75. The van der Waals surface area contributed by atoms with Gasteiger partial charge in [0.1, 0.15) is 10.9 Å². The third-order valence-corrected chi connectivity index (χ3v) is 8.64. The summed E-state index contributed by atoms with van der Waals surface area (Å²) in [6.07, 6.45) is 6.76. The van der Waals surface area contributed by atoms with Gasteiger partial charge in [-0.25, -0.2) is 22.4 Å². The van der Waals surface area contributed by atoms with Crippen LogP contribution in [0.2, 0.25) is 0 Å². The second kappa shape index (κ2) is 9.26. The van der Waals surface area contributed by atoms with E-state index in [9.17, 15) is 13.7 Å². The Morgan fingerprint density at radius 1 is 0.947 bits per heavy atom. The molecule has 9 nitrogen and oxygen atoms in total. The highest BCUT2D eigenvalue weighted by Gasteiger charge is 2.23. The van der Waals surface area contributed by atoms with Crippen LogP contribution in [-0.4, -0.2) is 31.9 Å². The Hall–Kier alpha value is -4.79. The van der Waals surface area contributed by atoms with Crippen molar-refractivity contribution in [3.8, 4) is 22.3 Å². The fourth-order valence-corrected chi connectivity index (χ4v) is 6.14. The molecule has 11 heteroatoms. The number of aromatic nitrogens is 5. The van der Waals surface area contributed by atoms with E-state index < -0.39 is 10.0 Å². The monoisotopic (exact) mass is 537 g/mol. The van der Waals surface area contributed by atoms with Crippen molar-refractivity contribution in [1.29, 1.82) is 5.26 Å². The predicted molar refractivity (Wildman–Crippen MR) is 146 cm³/mol. The van der Waals surface area contributed by atoms with E-state index in [1.165, 1.54) is 21.5 Å². The van der Waals surface area contributed by atoms with E-state index in [1.54, 1.807) is 55.0 Å². The number of hydrogen-bond donors (Lipinski definition) is 1. The summed E-state index contributed by atoms with van der Waals surface area (Å²) in [6.45, 7) is 1.90. The quantitative estimate of drug-likeness (QED) is 0.298. The van der Waals surface area contributed by atoms with Crippen molar-refractivity contribution in [3.63, 3.8) is 0 Å². The van der Waals surface area contributed by atoms with Crippen LogP contribution in [0.4, 0.5) is 11.6 Å². The number of nitrogens with one attached hydrogen (secondary N) is 1. The van der Waals surface area contributed by atoms with Gasteiger partial charge < -0.3 is 9.88 Å². The molecule has 0 unspecified atom stereocenters. The lowest BCUT2D eigenvalue weighted by Crippen LogP contribution is -2.13. The van der Waals surface area contributed by atoms with Gasteiger partial charge in [-0.3, -0.25) is 0 Å². The van der Waals surface area contributed by atoms with Crippen molar-refractivity contribution in [3.05, 3.63) is 102 Å². The third-order valence-electron chi connectivity index (χ3n) is 5.96. The van der Waals surface area contributed by atoms with Gasteiger partial charge in [-0.05, 0) is 61.5 Å². The van der Waals surface area contributed by atoms with Crippen LogP contribution >= 0.6 is 11.3 Å². The molecule has 38 heavy (non-hydrogen) atoms. The minimum atomic E-state index is -3.92. The molecule has 6 aromatic rings. The number of imidazole rings is 1. The molecule has 0 bridgehead atoms. The van der Waals surface area contributed by atoms with Gasteiger partial charge in [-0.2, -0.15) is 10.2 Å². The van der Waals surface area contributed by atoms with Crippen LogP contribution < -0.4 is 5.32 Å². The minimum Gasteiger partial charge on any atom is -0.324 e. The number of anilines is 2. The summed E-state index contributed by atoms with van der Waals surface area (Å²) in [5.41, 5.74) is 3.40. The topological polar surface area (TPSA) is 118 Å². The molecular weight excluding hydrogens is 518 g/mol. The molecule has 0 aliphatic rings. The lowest BCUT2D eigenvalue weighted by Gasteiger charge is -2.11. The normalized spacial score (nSPS) is 11.5. The zero-order valence-corrected chi connectivity index (χ0v) is 21.6. The maximum Gasteiger partial charge on any atom is 0.269 e. The number of hydrogen-bond acceptors (Lipinski definition) is 8. The number of fused-ring (bicyclic) bond motifs is 1. The molecule has 0 saturated carbocycles. The molecule has 0 fully saturated rings. The van der Waals surface area contributed by atoms with Gasteiger partial charge in [0, 0.05) is 35.4 Å². The summed E-state index contributed by atoms with van der Waals surface area (Å²) in [7, 11) is -3.92. The van der Waals surface area contributed by atoms with E-state index in [0.717, 1.165) is 21.8 Å². The van der Waals surface area contributed by atoms with Crippen LogP contribution in [0.3, 0.4) is 0 Å². The van der Waals surface area contributed by atoms with E-state index in [0.29, 0.717) is 16.0 Å². The summed E-state index contributed by atoms with van der Waals surface area (Å²) < 4.78 is 30.2. The molecule has 4 heterocycles. The van der Waals surface area contributed by atoms with Crippen LogP contribution in [0.25, 0.3) is 27.3 Å². The first-order chi connectivity index (χ1) is 18.4. The lowest BCUT2D eigenvalue weighted by molar-refractivity contribution is 0.589. The standard InChI is InChI=1S/C27H19N7O2S2/c1-18-2-9-22(10-3-18)38(35,36)34-14-12-23-25(24-11-8-21(16-28)37-24)31-27(32-26(23)34)30-19-4-6-20(7-5-19)33-15-13-29-17-33/h2-15,17H,1H3,(H,30,31,32). The van der Waals surface area contributed by atoms with E-state index in [-0.39, 0.29) is 16.5 Å². The average molecular weight is 538 g/mol. The molecule has 0 atom stereocenters. The van der Waals surface area contributed by atoms with Crippen molar-refractivity contribution in [1.82, 2.24) is 23.5 Å². The largest absolute Gasteiger partial charge is 0.324 e. The number of rotatable bonds is 6. The number of nitrogens with zero attached hydrogens (tertiary/aromatic N) is 6. The maximum atomic E-state index is 13.6. The summed E-state index contributed by atoms with van der Waals surface area (Å²) in [6, 6.07) is 21.6. The van der Waals surface area contributed by atoms with Gasteiger partial charge >= 0.3 is 0 Å². The first kappa shape index (κ1) is 23.6. The van der Waals surface area contributed by atoms with Crippen LogP contribution in [0.15, 0.2) is 96.5 Å². The highest BCUT2D eigenvalue weighted by Crippen LogP contribution is 2.34. The smallest absolute Gasteiger partial charge is 0.269 e. The molecule has 0 amide bonds. The van der Waals surface area contributed by atoms with Crippen molar-refractivity contribution < 1.29 is 8.42 Å². The molecular formula is C27H19N7O2S2. The Balaban J connectivity index is 1.47. The maximum absolute atomic E-state index is 13.6. The van der Waals surface area contributed by atoms with E-state index in [2.05, 4.69) is 21.4 Å². The van der Waals surface area contributed by atoms with Crippen LogP contribution in [-0.2, 0) is 10.0 Å². The van der Waals surface area contributed by atoms with Gasteiger partial charge in [0.15, 0.2) is 5.65 Å². The molecule has 186 valence electrons. The Morgan fingerprint density at radius 2 is 1.74 bits per heavy atom. The number of benzene rings is 2.